The molecule has 1 amide bonds. The number of rotatable bonds is 5. The van der Waals surface area contributed by atoms with Crippen LogP contribution >= 0.6 is 22.7 Å². The third kappa shape index (κ3) is 3.59. The lowest BCUT2D eigenvalue weighted by molar-refractivity contribution is -0.132. The number of para-hydroxylation sites is 1. The normalized spacial score (nSPS) is 17.8. The molecule has 6 nitrogen and oxygen atoms in total. The molecule has 8 heteroatoms. The molecule has 0 aliphatic carbocycles. The molecule has 1 aliphatic heterocycles. The highest BCUT2D eigenvalue weighted by Crippen LogP contribution is 2.46. The van der Waals surface area contributed by atoms with Gasteiger partial charge in [-0.15, -0.1) is 11.3 Å². The molecule has 2 aromatic carbocycles. The van der Waals surface area contributed by atoms with Gasteiger partial charge < -0.3 is 9.84 Å². The smallest absolute Gasteiger partial charge is 0.301 e. The Labute approximate surface area is 204 Å². The average Bonchev–Trinajstić information content (AvgIpc) is 3.56. The van der Waals surface area contributed by atoms with Crippen LogP contribution in [0.25, 0.3) is 16.0 Å². The molecule has 4 aromatic rings. The Morgan fingerprint density at radius 2 is 1.91 bits per heavy atom. The maximum absolute atomic E-state index is 13.3. The molecule has 2 aromatic heterocycles. The van der Waals surface area contributed by atoms with Crippen LogP contribution in [0.4, 0.5) is 5.13 Å². The zero-order valence-electron chi connectivity index (χ0n) is 18.8. The van der Waals surface area contributed by atoms with Crippen LogP contribution in [0.2, 0.25) is 0 Å². The number of carbonyl (C=O) groups excluding carboxylic acids is 2. The van der Waals surface area contributed by atoms with E-state index in [0.717, 1.165) is 15.1 Å². The summed E-state index contributed by atoms with van der Waals surface area (Å²) in [6.45, 7) is 4.24. The van der Waals surface area contributed by atoms with Gasteiger partial charge >= 0.3 is 5.91 Å². The number of hydrogen-bond acceptors (Lipinski definition) is 7. The molecule has 5 rings (SSSR count). The van der Waals surface area contributed by atoms with E-state index in [1.54, 1.807) is 24.3 Å². The van der Waals surface area contributed by atoms with Crippen LogP contribution in [-0.2, 0) is 9.59 Å². The zero-order chi connectivity index (χ0) is 24.0. The average molecular weight is 491 g/mol. The first kappa shape index (κ1) is 22.3. The summed E-state index contributed by atoms with van der Waals surface area (Å²) in [4.78, 5) is 33.5. The lowest BCUT2D eigenvalue weighted by Gasteiger charge is -2.21. The number of anilines is 1. The Hall–Kier alpha value is -3.49. The second-order valence-electron chi connectivity index (χ2n) is 8.26. The van der Waals surface area contributed by atoms with Gasteiger partial charge in [0.1, 0.15) is 17.6 Å². The van der Waals surface area contributed by atoms with E-state index in [1.165, 1.54) is 40.2 Å². The number of thiophene rings is 1. The molecular weight excluding hydrogens is 468 g/mol. The molecule has 172 valence electrons. The fourth-order valence-electron chi connectivity index (χ4n) is 4.12. The van der Waals surface area contributed by atoms with Gasteiger partial charge in [0.25, 0.3) is 5.78 Å². The summed E-state index contributed by atoms with van der Waals surface area (Å²) in [5.74, 6) is -0.949. The first-order valence-corrected chi connectivity index (χ1v) is 12.5. The van der Waals surface area contributed by atoms with E-state index < -0.39 is 17.7 Å². The molecule has 1 saturated heterocycles. The van der Waals surface area contributed by atoms with Crippen molar-refractivity contribution in [3.8, 4) is 5.75 Å². The van der Waals surface area contributed by atoms with Gasteiger partial charge in [-0.05, 0) is 47.2 Å². The van der Waals surface area contributed by atoms with Crippen molar-refractivity contribution in [1.29, 1.82) is 0 Å². The number of aliphatic hydroxyl groups excluding tert-OH is 1. The number of carbonyl (C=O) groups is 2. The first-order chi connectivity index (χ1) is 16.4. The molecule has 0 spiro atoms. The summed E-state index contributed by atoms with van der Waals surface area (Å²) in [6, 6.07) is 15.9. The number of benzene rings is 2. The number of ketones is 1. The second kappa shape index (κ2) is 8.70. The molecule has 1 aliphatic rings. The topological polar surface area (TPSA) is 79.7 Å². The number of thiazole rings is 1. The highest BCUT2D eigenvalue weighted by Gasteiger charge is 2.48. The lowest BCUT2D eigenvalue weighted by atomic mass is 9.99. The van der Waals surface area contributed by atoms with E-state index in [1.807, 2.05) is 29.6 Å². The fourth-order valence-corrected chi connectivity index (χ4v) is 5.99. The van der Waals surface area contributed by atoms with Crippen molar-refractivity contribution in [3.05, 3.63) is 81.6 Å². The number of fused-ring (bicyclic) bond motifs is 1. The maximum Gasteiger partial charge on any atom is 0.301 e. The standard InChI is InChI=1S/C26H22N2O4S2/c1-14(2)15-10-11-17-20(13-15)34-26(27-17)28-22(19-9-6-12-33-19)21(24(30)25(28)31)23(29)16-7-4-5-8-18(16)32-3/h4-14,22,29H,1-3H3/b23-21+. The van der Waals surface area contributed by atoms with Gasteiger partial charge in [-0.1, -0.05) is 49.4 Å². The van der Waals surface area contributed by atoms with Crippen molar-refractivity contribution < 1.29 is 19.4 Å². The van der Waals surface area contributed by atoms with Gasteiger partial charge in [-0.2, -0.15) is 0 Å². The van der Waals surface area contributed by atoms with E-state index in [9.17, 15) is 14.7 Å². The van der Waals surface area contributed by atoms with Crippen LogP contribution in [0.3, 0.4) is 0 Å². The first-order valence-electron chi connectivity index (χ1n) is 10.8. The van der Waals surface area contributed by atoms with Gasteiger partial charge in [0, 0.05) is 4.88 Å². The fraction of sp³-hybridized carbons (Fsp3) is 0.192. The van der Waals surface area contributed by atoms with Crippen molar-refractivity contribution in [1.82, 2.24) is 4.98 Å². The summed E-state index contributed by atoms with van der Waals surface area (Å²) in [6.07, 6.45) is 0. The number of nitrogens with zero attached hydrogens (tertiary/aromatic N) is 2. The number of ether oxygens (including phenoxy) is 1. The van der Waals surface area contributed by atoms with Crippen molar-refractivity contribution >= 4 is 55.5 Å². The zero-order valence-corrected chi connectivity index (χ0v) is 20.4. The van der Waals surface area contributed by atoms with Crippen LogP contribution in [-0.4, -0.2) is 28.9 Å². The molecule has 34 heavy (non-hydrogen) atoms. The predicted octanol–water partition coefficient (Wildman–Crippen LogP) is 6.12. The summed E-state index contributed by atoms with van der Waals surface area (Å²) < 4.78 is 6.33. The Bertz CT molecular complexity index is 1440. The number of aliphatic hydroxyl groups is 1. The largest absolute Gasteiger partial charge is 0.507 e. The molecule has 0 radical (unpaired) electrons. The van der Waals surface area contributed by atoms with Gasteiger partial charge in [0.05, 0.1) is 28.5 Å². The molecule has 1 fully saturated rings. The number of Topliss-reactive ketones (excluding diaryl/α,β-unsaturated/α-hetero) is 1. The van der Waals surface area contributed by atoms with Gasteiger partial charge in [-0.3, -0.25) is 14.5 Å². The highest BCUT2D eigenvalue weighted by molar-refractivity contribution is 7.22. The van der Waals surface area contributed by atoms with E-state index >= 15 is 0 Å². The maximum atomic E-state index is 13.3. The molecular formula is C26H22N2O4S2. The van der Waals surface area contributed by atoms with Crippen LogP contribution in [0, 0.1) is 0 Å². The molecule has 1 unspecified atom stereocenters. The monoisotopic (exact) mass is 490 g/mol. The summed E-state index contributed by atoms with van der Waals surface area (Å²) in [7, 11) is 1.49. The predicted molar refractivity (Wildman–Crippen MR) is 136 cm³/mol. The van der Waals surface area contributed by atoms with Gasteiger partial charge in [-0.25, -0.2) is 4.98 Å². The number of amides is 1. The van der Waals surface area contributed by atoms with Gasteiger partial charge in [0.15, 0.2) is 5.13 Å². The summed E-state index contributed by atoms with van der Waals surface area (Å²) in [5, 5.41) is 13.6. The number of aromatic nitrogens is 1. The minimum atomic E-state index is -0.782. The van der Waals surface area contributed by atoms with E-state index in [0.29, 0.717) is 22.4 Å². The molecule has 0 bridgehead atoms. The van der Waals surface area contributed by atoms with E-state index in [4.69, 9.17) is 4.74 Å². The van der Waals surface area contributed by atoms with E-state index in [-0.39, 0.29) is 11.3 Å². The third-order valence-electron chi connectivity index (χ3n) is 5.89. The molecule has 0 saturated carbocycles. The van der Waals surface area contributed by atoms with Crippen molar-refractivity contribution in [2.45, 2.75) is 25.8 Å². The Balaban J connectivity index is 1.70. The van der Waals surface area contributed by atoms with Crippen molar-refractivity contribution in [2.24, 2.45) is 0 Å². The van der Waals surface area contributed by atoms with Crippen LogP contribution in [0.1, 0.15) is 41.8 Å². The minimum absolute atomic E-state index is 0.0269. The minimum Gasteiger partial charge on any atom is -0.507 e. The van der Waals surface area contributed by atoms with E-state index in [2.05, 4.69) is 24.9 Å². The Morgan fingerprint density at radius 1 is 1.12 bits per heavy atom. The summed E-state index contributed by atoms with van der Waals surface area (Å²) >= 11 is 2.78. The number of methoxy groups -OCH3 is 1. The molecule has 1 atom stereocenters. The highest BCUT2D eigenvalue weighted by atomic mass is 32.1. The van der Waals surface area contributed by atoms with Crippen molar-refractivity contribution in [2.75, 3.05) is 12.0 Å². The molecule has 3 heterocycles. The number of hydrogen-bond donors (Lipinski definition) is 1. The molecule has 1 N–H and O–H groups in total. The Morgan fingerprint density at radius 3 is 2.62 bits per heavy atom. The van der Waals surface area contributed by atoms with Gasteiger partial charge in [0.2, 0.25) is 0 Å². The van der Waals surface area contributed by atoms with Crippen LogP contribution < -0.4 is 9.64 Å². The SMILES string of the molecule is COc1ccccc1/C(O)=C1\C(=O)C(=O)N(c2nc3ccc(C(C)C)cc3s2)C1c1cccs1. The lowest BCUT2D eigenvalue weighted by Crippen LogP contribution is -2.28. The van der Waals surface area contributed by atoms with Crippen LogP contribution in [0.15, 0.2) is 65.6 Å². The Kier molecular flexibility index (Phi) is 5.71. The van der Waals surface area contributed by atoms with Crippen molar-refractivity contribution in [3.63, 3.8) is 0 Å². The third-order valence-corrected chi connectivity index (χ3v) is 7.84. The second-order valence-corrected chi connectivity index (χ2v) is 10.3. The van der Waals surface area contributed by atoms with Crippen LogP contribution in [0.5, 0.6) is 5.75 Å². The summed E-state index contributed by atoms with van der Waals surface area (Å²) in [5.41, 5.74) is 2.33. The quantitative estimate of drug-likeness (QED) is 0.207.